The van der Waals surface area contributed by atoms with Gasteiger partial charge in [0.25, 0.3) is 0 Å². The van der Waals surface area contributed by atoms with Gasteiger partial charge in [-0.1, -0.05) is 38.8 Å². The molecule has 0 spiro atoms. The first kappa shape index (κ1) is 37.4. The quantitative estimate of drug-likeness (QED) is 0.106. The van der Waals surface area contributed by atoms with E-state index in [1.54, 1.807) is 0 Å². The van der Waals surface area contributed by atoms with Crippen molar-refractivity contribution in [2.24, 2.45) is 0 Å². The monoisotopic (exact) mass is 586 g/mol. The number of esters is 1. The standard InChI is InChI=1S/C31H54O10/c1-3-5-8-28-9-7-11-30(29(28)10-6-4-2)31(33)41-27-26-40-25-24-39-23-22-38-21-20-37-19-18-36-17-16-35-15-14-34-13-12-32/h7,9,11,32H,3-6,8,10,12-27H2,1-2H3. The van der Waals surface area contributed by atoms with E-state index in [0.29, 0.717) is 98.1 Å². The maximum Gasteiger partial charge on any atom is 0.338 e. The van der Waals surface area contributed by atoms with Crippen molar-refractivity contribution in [1.29, 1.82) is 0 Å². The summed E-state index contributed by atoms with van der Waals surface area (Å²) in [6.07, 6.45) is 6.30. The third kappa shape index (κ3) is 20.8. The second-order valence-corrected chi connectivity index (χ2v) is 9.30. The molecule has 0 amide bonds. The fourth-order valence-corrected chi connectivity index (χ4v) is 3.83. The minimum Gasteiger partial charge on any atom is -0.460 e. The smallest absolute Gasteiger partial charge is 0.338 e. The Morgan fingerprint density at radius 1 is 0.585 bits per heavy atom. The largest absolute Gasteiger partial charge is 0.460 e. The van der Waals surface area contributed by atoms with Crippen LogP contribution in [0.2, 0.25) is 0 Å². The first-order chi connectivity index (χ1) is 20.2. The van der Waals surface area contributed by atoms with E-state index >= 15 is 0 Å². The highest BCUT2D eigenvalue weighted by Gasteiger charge is 2.15. The van der Waals surface area contributed by atoms with E-state index < -0.39 is 0 Å². The number of aliphatic hydroxyl groups is 1. The molecule has 10 nitrogen and oxygen atoms in total. The molecule has 0 radical (unpaired) electrons. The summed E-state index contributed by atoms with van der Waals surface area (Å²) in [7, 11) is 0. The zero-order valence-corrected chi connectivity index (χ0v) is 25.4. The van der Waals surface area contributed by atoms with Crippen molar-refractivity contribution in [2.45, 2.75) is 52.4 Å². The Labute approximate surface area is 246 Å². The van der Waals surface area contributed by atoms with Crippen LogP contribution >= 0.6 is 0 Å². The fourth-order valence-electron chi connectivity index (χ4n) is 3.83. The molecular formula is C31H54O10. The first-order valence-electron chi connectivity index (χ1n) is 15.2. The Morgan fingerprint density at radius 3 is 1.44 bits per heavy atom. The number of hydrogen-bond donors (Lipinski definition) is 1. The number of rotatable bonds is 30. The van der Waals surface area contributed by atoms with Gasteiger partial charge in [-0.05, 0) is 42.9 Å². The van der Waals surface area contributed by atoms with Crippen LogP contribution in [0, 0.1) is 0 Å². The molecule has 1 aromatic carbocycles. The third-order valence-corrected chi connectivity index (χ3v) is 6.00. The maximum atomic E-state index is 12.7. The molecule has 0 saturated heterocycles. The summed E-state index contributed by atoms with van der Waals surface area (Å²) in [5, 5.41) is 8.58. The van der Waals surface area contributed by atoms with Gasteiger partial charge in [0.15, 0.2) is 0 Å². The van der Waals surface area contributed by atoms with Crippen LogP contribution < -0.4 is 0 Å². The van der Waals surface area contributed by atoms with Crippen LogP contribution in [0.3, 0.4) is 0 Å². The van der Waals surface area contributed by atoms with Crippen LogP contribution in [0.15, 0.2) is 18.2 Å². The highest BCUT2D eigenvalue weighted by molar-refractivity contribution is 5.91. The van der Waals surface area contributed by atoms with Crippen molar-refractivity contribution in [1.82, 2.24) is 0 Å². The normalized spacial score (nSPS) is 11.3. The number of ether oxygens (including phenoxy) is 8. The molecule has 0 aliphatic rings. The molecule has 0 aliphatic heterocycles. The van der Waals surface area contributed by atoms with Gasteiger partial charge in [0.05, 0.1) is 105 Å². The van der Waals surface area contributed by atoms with E-state index in [4.69, 9.17) is 43.0 Å². The number of carbonyl (C=O) groups excluding carboxylic acids is 1. The zero-order chi connectivity index (χ0) is 29.6. The van der Waals surface area contributed by atoms with Crippen LogP contribution in [-0.2, 0) is 50.7 Å². The van der Waals surface area contributed by atoms with Crippen molar-refractivity contribution in [3.8, 4) is 0 Å². The molecule has 0 unspecified atom stereocenters. The number of aliphatic hydroxyl groups excluding tert-OH is 1. The van der Waals surface area contributed by atoms with Gasteiger partial charge in [-0.3, -0.25) is 0 Å². The van der Waals surface area contributed by atoms with Gasteiger partial charge in [-0.2, -0.15) is 0 Å². The summed E-state index contributed by atoms with van der Waals surface area (Å²) in [5.41, 5.74) is 3.09. The summed E-state index contributed by atoms with van der Waals surface area (Å²) in [6.45, 7) is 11.0. The maximum absolute atomic E-state index is 12.7. The van der Waals surface area contributed by atoms with Gasteiger partial charge in [-0.25, -0.2) is 4.79 Å². The molecule has 0 aromatic heterocycles. The number of unbranched alkanes of at least 4 members (excludes halogenated alkanes) is 2. The van der Waals surface area contributed by atoms with Crippen LogP contribution in [0.1, 0.15) is 61.0 Å². The minimum absolute atomic E-state index is 0.0236. The van der Waals surface area contributed by atoms with E-state index in [1.165, 1.54) is 5.56 Å². The molecule has 1 aromatic rings. The van der Waals surface area contributed by atoms with E-state index in [2.05, 4.69) is 19.9 Å². The van der Waals surface area contributed by atoms with Crippen LogP contribution in [-0.4, -0.2) is 117 Å². The highest BCUT2D eigenvalue weighted by atomic mass is 16.6. The zero-order valence-electron chi connectivity index (χ0n) is 25.4. The average molecular weight is 587 g/mol. The van der Waals surface area contributed by atoms with Gasteiger partial charge >= 0.3 is 5.97 Å². The van der Waals surface area contributed by atoms with Crippen LogP contribution in [0.4, 0.5) is 0 Å². The predicted octanol–water partition coefficient (Wildman–Crippen LogP) is 3.64. The summed E-state index contributed by atoms with van der Waals surface area (Å²) in [5.74, 6) is -0.273. The summed E-state index contributed by atoms with van der Waals surface area (Å²) < 4.78 is 43.3. The van der Waals surface area contributed by atoms with Gasteiger partial charge in [0.2, 0.25) is 0 Å². The molecule has 0 aliphatic carbocycles. The lowest BCUT2D eigenvalue weighted by atomic mass is 9.93. The van der Waals surface area contributed by atoms with Crippen molar-refractivity contribution in [3.05, 3.63) is 34.9 Å². The Bertz CT molecular complexity index is 731. The Balaban J connectivity index is 1.94. The molecule has 10 heteroatoms. The van der Waals surface area contributed by atoms with Crippen molar-refractivity contribution in [3.63, 3.8) is 0 Å². The second-order valence-electron chi connectivity index (χ2n) is 9.30. The Kier molecular flexibility index (Phi) is 26.0. The van der Waals surface area contributed by atoms with Crippen LogP contribution in [0.5, 0.6) is 0 Å². The number of hydrogen-bond acceptors (Lipinski definition) is 10. The van der Waals surface area contributed by atoms with Crippen LogP contribution in [0.25, 0.3) is 0 Å². The molecule has 0 saturated carbocycles. The fraction of sp³-hybridized carbons (Fsp3) is 0.774. The van der Waals surface area contributed by atoms with E-state index in [0.717, 1.165) is 44.1 Å². The molecule has 0 atom stereocenters. The van der Waals surface area contributed by atoms with Gasteiger partial charge in [0, 0.05) is 0 Å². The summed E-state index contributed by atoms with van der Waals surface area (Å²) in [4.78, 5) is 12.7. The minimum atomic E-state index is -0.273. The van der Waals surface area contributed by atoms with Gasteiger partial charge < -0.3 is 43.0 Å². The van der Waals surface area contributed by atoms with E-state index in [9.17, 15) is 4.79 Å². The molecule has 0 fully saturated rings. The lowest BCUT2D eigenvalue weighted by Gasteiger charge is -2.14. The third-order valence-electron chi connectivity index (χ3n) is 6.00. The molecule has 0 bridgehead atoms. The number of benzene rings is 1. The lowest BCUT2D eigenvalue weighted by molar-refractivity contribution is -0.0230. The lowest BCUT2D eigenvalue weighted by Crippen LogP contribution is -2.16. The molecular weight excluding hydrogens is 532 g/mol. The topological polar surface area (TPSA) is 111 Å². The van der Waals surface area contributed by atoms with Crippen molar-refractivity contribution in [2.75, 3.05) is 106 Å². The highest BCUT2D eigenvalue weighted by Crippen LogP contribution is 2.21. The van der Waals surface area contributed by atoms with Crippen molar-refractivity contribution < 1.29 is 47.8 Å². The van der Waals surface area contributed by atoms with E-state index in [-0.39, 0.29) is 19.2 Å². The average Bonchev–Trinajstić information content (AvgIpc) is 2.99. The predicted molar refractivity (Wildman–Crippen MR) is 157 cm³/mol. The summed E-state index contributed by atoms with van der Waals surface area (Å²) >= 11 is 0. The van der Waals surface area contributed by atoms with Crippen molar-refractivity contribution >= 4 is 5.97 Å². The summed E-state index contributed by atoms with van der Waals surface area (Å²) in [6, 6.07) is 5.97. The first-order valence-corrected chi connectivity index (χ1v) is 15.2. The molecule has 41 heavy (non-hydrogen) atoms. The molecule has 238 valence electrons. The Hall–Kier alpha value is -1.63. The Morgan fingerprint density at radius 2 is 1.00 bits per heavy atom. The molecule has 1 rings (SSSR count). The molecule has 0 heterocycles. The number of carbonyl (C=O) groups is 1. The number of aryl methyl sites for hydroxylation is 1. The van der Waals surface area contributed by atoms with Gasteiger partial charge in [-0.15, -0.1) is 0 Å². The SMILES string of the molecule is CCCCc1cccc(C(=O)OCCOCCOCCOCCOCCOCCOCCOCCO)c1CCCC. The van der Waals surface area contributed by atoms with Gasteiger partial charge in [0.1, 0.15) is 6.61 Å². The van der Waals surface area contributed by atoms with E-state index in [1.807, 2.05) is 12.1 Å². The second kappa shape index (κ2) is 28.5. The molecule has 1 N–H and O–H groups in total.